The normalized spacial score (nSPS) is 17.4. The number of carbonyl (C=O) groups excluding carboxylic acids is 2. The van der Waals surface area contributed by atoms with Crippen LogP contribution in [0.15, 0.2) is 41.0 Å². The highest BCUT2D eigenvalue weighted by Gasteiger charge is 2.33. The lowest BCUT2D eigenvalue weighted by Crippen LogP contribution is -2.51. The largest absolute Gasteiger partial charge is 0.467 e. The van der Waals surface area contributed by atoms with Crippen LogP contribution in [0.1, 0.15) is 49.7 Å². The first-order valence-corrected chi connectivity index (χ1v) is 10.9. The van der Waals surface area contributed by atoms with Gasteiger partial charge < -0.3 is 28.4 Å². The number of rotatable bonds is 7. The maximum atomic E-state index is 13.4. The van der Waals surface area contributed by atoms with E-state index >= 15 is 0 Å². The van der Waals surface area contributed by atoms with E-state index in [-0.39, 0.29) is 31.3 Å². The van der Waals surface area contributed by atoms with Gasteiger partial charge in [0.1, 0.15) is 12.3 Å². The lowest BCUT2D eigenvalue weighted by Gasteiger charge is -2.37. The molecule has 1 fully saturated rings. The summed E-state index contributed by atoms with van der Waals surface area (Å²) in [5, 5.41) is 0. The topological polar surface area (TPSA) is 81.5 Å². The van der Waals surface area contributed by atoms with Gasteiger partial charge in [-0.25, -0.2) is 0 Å². The fourth-order valence-electron chi connectivity index (χ4n) is 3.91. The zero-order valence-electron chi connectivity index (χ0n) is 18.8. The van der Waals surface area contributed by atoms with Crippen LogP contribution in [-0.4, -0.2) is 59.7 Å². The number of ether oxygens (including phenoxy) is 3. The van der Waals surface area contributed by atoms with Crippen molar-refractivity contribution in [3.63, 3.8) is 0 Å². The Bertz CT molecular complexity index is 944. The summed E-state index contributed by atoms with van der Waals surface area (Å²) >= 11 is 0. The van der Waals surface area contributed by atoms with Crippen LogP contribution in [0.2, 0.25) is 0 Å². The standard InChI is InChI=1S/C24H30N2O6/c1-24(2,3)26(23(28)17-8-9-20-21(12-17)32-16-31-20)15-22(27)25(13-18-6-4-10-29-18)14-19-7-5-11-30-19/h4,6,8-10,12,19H,5,7,11,13-16H2,1-3H3/t19-/m0/s1. The van der Waals surface area contributed by atoms with Crippen molar-refractivity contribution in [3.05, 3.63) is 47.9 Å². The van der Waals surface area contributed by atoms with Gasteiger partial charge in [0.05, 0.1) is 18.9 Å². The zero-order valence-corrected chi connectivity index (χ0v) is 18.8. The molecule has 2 aliphatic rings. The SMILES string of the molecule is CC(C)(C)N(CC(=O)N(Cc1ccco1)C[C@@H]1CCCO1)C(=O)c1ccc2c(c1)OCO2. The van der Waals surface area contributed by atoms with Crippen LogP contribution in [-0.2, 0) is 16.1 Å². The van der Waals surface area contributed by atoms with E-state index in [9.17, 15) is 9.59 Å². The van der Waals surface area contributed by atoms with Crippen molar-refractivity contribution in [2.24, 2.45) is 0 Å². The number of amides is 2. The van der Waals surface area contributed by atoms with Gasteiger partial charge in [-0.05, 0) is 63.9 Å². The minimum absolute atomic E-state index is 0.00144. The molecule has 1 atom stereocenters. The second-order valence-corrected chi connectivity index (χ2v) is 9.12. The smallest absolute Gasteiger partial charge is 0.254 e. The van der Waals surface area contributed by atoms with E-state index < -0.39 is 5.54 Å². The van der Waals surface area contributed by atoms with Crippen molar-refractivity contribution in [1.82, 2.24) is 9.80 Å². The summed E-state index contributed by atoms with van der Waals surface area (Å²) in [5.41, 5.74) is -0.114. The number of hydrogen-bond acceptors (Lipinski definition) is 6. The molecular formula is C24H30N2O6. The minimum Gasteiger partial charge on any atom is -0.467 e. The Morgan fingerprint density at radius 2 is 1.94 bits per heavy atom. The van der Waals surface area contributed by atoms with Crippen LogP contribution in [0, 0.1) is 0 Å². The molecule has 0 bridgehead atoms. The second kappa shape index (κ2) is 9.24. The van der Waals surface area contributed by atoms with Crippen LogP contribution in [0.25, 0.3) is 0 Å². The molecular weight excluding hydrogens is 412 g/mol. The van der Waals surface area contributed by atoms with Gasteiger partial charge in [0.25, 0.3) is 5.91 Å². The predicted molar refractivity (Wildman–Crippen MR) is 116 cm³/mol. The van der Waals surface area contributed by atoms with E-state index in [0.717, 1.165) is 12.8 Å². The van der Waals surface area contributed by atoms with Crippen LogP contribution in [0.3, 0.4) is 0 Å². The Morgan fingerprint density at radius 1 is 1.12 bits per heavy atom. The van der Waals surface area contributed by atoms with Crippen molar-refractivity contribution < 1.29 is 28.2 Å². The van der Waals surface area contributed by atoms with E-state index in [1.165, 1.54) is 0 Å². The number of fused-ring (bicyclic) bond motifs is 1. The summed E-state index contributed by atoms with van der Waals surface area (Å²) < 4.78 is 22.0. The van der Waals surface area contributed by atoms with Gasteiger partial charge in [-0.3, -0.25) is 9.59 Å². The molecule has 1 aromatic carbocycles. The fraction of sp³-hybridized carbons (Fsp3) is 0.500. The van der Waals surface area contributed by atoms with Crippen molar-refractivity contribution in [3.8, 4) is 11.5 Å². The van der Waals surface area contributed by atoms with Crippen LogP contribution in [0.4, 0.5) is 0 Å². The van der Waals surface area contributed by atoms with E-state index in [2.05, 4.69) is 0 Å². The van der Waals surface area contributed by atoms with Gasteiger partial charge in [-0.15, -0.1) is 0 Å². The average molecular weight is 443 g/mol. The third-order valence-corrected chi connectivity index (χ3v) is 5.70. The molecule has 0 radical (unpaired) electrons. The number of benzene rings is 1. The highest BCUT2D eigenvalue weighted by atomic mass is 16.7. The lowest BCUT2D eigenvalue weighted by molar-refractivity contribution is -0.135. The second-order valence-electron chi connectivity index (χ2n) is 9.12. The molecule has 0 N–H and O–H groups in total. The van der Waals surface area contributed by atoms with Crippen LogP contribution in [0.5, 0.6) is 11.5 Å². The quantitative estimate of drug-likeness (QED) is 0.653. The Morgan fingerprint density at radius 3 is 2.62 bits per heavy atom. The van der Waals surface area contributed by atoms with E-state index in [1.54, 1.807) is 40.3 Å². The molecule has 0 aliphatic carbocycles. The molecule has 1 saturated heterocycles. The predicted octanol–water partition coefficient (Wildman–Crippen LogP) is 3.46. The van der Waals surface area contributed by atoms with Crippen molar-refractivity contribution in [2.75, 3.05) is 26.5 Å². The maximum Gasteiger partial charge on any atom is 0.254 e. The number of carbonyl (C=O) groups is 2. The molecule has 4 rings (SSSR count). The Hall–Kier alpha value is -3.00. The highest BCUT2D eigenvalue weighted by molar-refractivity contribution is 5.97. The van der Waals surface area contributed by atoms with E-state index in [4.69, 9.17) is 18.6 Å². The third-order valence-electron chi connectivity index (χ3n) is 5.70. The monoisotopic (exact) mass is 442 g/mol. The summed E-state index contributed by atoms with van der Waals surface area (Å²) in [4.78, 5) is 30.2. The molecule has 172 valence electrons. The molecule has 0 spiro atoms. The Labute approximate surface area is 188 Å². The van der Waals surface area contributed by atoms with Gasteiger partial charge in [-0.1, -0.05) is 0 Å². The summed E-state index contributed by atoms with van der Waals surface area (Å²) in [6, 6.07) is 8.73. The lowest BCUT2D eigenvalue weighted by atomic mass is 10.0. The number of furan rings is 1. The number of nitrogens with zero attached hydrogens (tertiary/aromatic N) is 2. The fourth-order valence-corrected chi connectivity index (χ4v) is 3.91. The van der Waals surface area contributed by atoms with Crippen LogP contribution < -0.4 is 9.47 Å². The molecule has 0 unspecified atom stereocenters. The minimum atomic E-state index is -0.566. The maximum absolute atomic E-state index is 13.4. The summed E-state index contributed by atoms with van der Waals surface area (Å²) in [5.74, 6) is 1.45. The van der Waals surface area contributed by atoms with Crippen molar-refractivity contribution >= 4 is 11.8 Å². The van der Waals surface area contributed by atoms with Gasteiger partial charge in [0.2, 0.25) is 12.7 Å². The van der Waals surface area contributed by atoms with Gasteiger partial charge in [-0.2, -0.15) is 0 Å². The first kappa shape index (κ1) is 22.2. The molecule has 2 aromatic rings. The molecule has 1 aromatic heterocycles. The Kier molecular flexibility index (Phi) is 6.41. The summed E-state index contributed by atoms with van der Waals surface area (Å²) in [6.45, 7) is 7.36. The van der Waals surface area contributed by atoms with Crippen LogP contribution >= 0.6 is 0 Å². The summed E-state index contributed by atoms with van der Waals surface area (Å²) in [6.07, 6.45) is 3.50. The van der Waals surface area contributed by atoms with E-state index in [1.807, 2.05) is 26.8 Å². The molecule has 0 saturated carbocycles. The molecule has 3 heterocycles. The highest BCUT2D eigenvalue weighted by Crippen LogP contribution is 2.33. The first-order chi connectivity index (χ1) is 15.3. The van der Waals surface area contributed by atoms with Gasteiger partial charge in [0, 0.05) is 24.3 Å². The van der Waals surface area contributed by atoms with Crippen molar-refractivity contribution in [1.29, 1.82) is 0 Å². The average Bonchev–Trinajstić information content (AvgIpc) is 3.52. The molecule has 2 aliphatic heterocycles. The molecule has 2 amide bonds. The first-order valence-electron chi connectivity index (χ1n) is 10.9. The molecule has 8 heteroatoms. The molecule has 32 heavy (non-hydrogen) atoms. The van der Waals surface area contributed by atoms with E-state index in [0.29, 0.717) is 42.5 Å². The molecule has 8 nitrogen and oxygen atoms in total. The van der Waals surface area contributed by atoms with Gasteiger partial charge in [0.15, 0.2) is 11.5 Å². The summed E-state index contributed by atoms with van der Waals surface area (Å²) in [7, 11) is 0. The zero-order chi connectivity index (χ0) is 22.7. The Balaban J connectivity index is 1.53. The van der Waals surface area contributed by atoms with Gasteiger partial charge >= 0.3 is 0 Å². The third kappa shape index (κ3) is 5.07. The van der Waals surface area contributed by atoms with Crippen molar-refractivity contribution in [2.45, 2.75) is 51.8 Å². The number of hydrogen-bond donors (Lipinski definition) is 0.